The molecule has 8 heteroatoms. The van der Waals surface area contributed by atoms with Gasteiger partial charge in [-0.2, -0.15) is 5.10 Å². The van der Waals surface area contributed by atoms with E-state index in [2.05, 4.69) is 20.2 Å². The van der Waals surface area contributed by atoms with E-state index in [-0.39, 0.29) is 23.6 Å². The predicted molar refractivity (Wildman–Crippen MR) is 98.3 cm³/mol. The van der Waals surface area contributed by atoms with Crippen LogP contribution in [-0.2, 0) is 0 Å². The fourth-order valence-corrected chi connectivity index (χ4v) is 3.53. The first-order valence-electron chi connectivity index (χ1n) is 8.79. The number of aromatic amines is 1. The molecule has 0 bridgehead atoms. The molecule has 27 heavy (non-hydrogen) atoms. The second-order valence-electron chi connectivity index (χ2n) is 6.60. The van der Waals surface area contributed by atoms with Crippen LogP contribution in [0.4, 0.5) is 10.3 Å². The van der Waals surface area contributed by atoms with Gasteiger partial charge in [0, 0.05) is 37.0 Å². The summed E-state index contributed by atoms with van der Waals surface area (Å²) in [6, 6.07) is 7.98. The van der Waals surface area contributed by atoms with Crippen LogP contribution in [0.2, 0.25) is 0 Å². The van der Waals surface area contributed by atoms with Gasteiger partial charge in [-0.05, 0) is 36.6 Å². The summed E-state index contributed by atoms with van der Waals surface area (Å²) in [7, 11) is 0. The Morgan fingerprint density at radius 3 is 3.00 bits per heavy atom. The van der Waals surface area contributed by atoms with E-state index < -0.39 is 0 Å². The Labute approximate surface area is 155 Å². The molecule has 4 rings (SSSR count). The first-order chi connectivity index (χ1) is 13.1. The van der Waals surface area contributed by atoms with Crippen molar-refractivity contribution in [2.75, 3.05) is 18.8 Å². The highest BCUT2D eigenvalue weighted by Gasteiger charge is 2.29. The number of likely N-dealkylation sites (tertiary alicyclic amines) is 1. The van der Waals surface area contributed by atoms with Gasteiger partial charge < -0.3 is 10.6 Å². The van der Waals surface area contributed by atoms with Crippen LogP contribution in [0.3, 0.4) is 0 Å². The molecule has 138 valence electrons. The largest absolute Gasteiger partial charge is 0.368 e. The van der Waals surface area contributed by atoms with Crippen LogP contribution >= 0.6 is 0 Å². The molecule has 3 N–H and O–H groups in total. The SMILES string of the molecule is Nc1ncc(-c2cccc(F)c2)c(C2CCCN(C(=O)c3ccn[nH]3)C2)n1. The van der Waals surface area contributed by atoms with Gasteiger partial charge in [-0.1, -0.05) is 12.1 Å². The molecule has 1 atom stereocenters. The summed E-state index contributed by atoms with van der Waals surface area (Å²) in [4.78, 5) is 23.0. The molecule has 3 heterocycles. The number of hydrogen-bond acceptors (Lipinski definition) is 5. The smallest absolute Gasteiger partial charge is 0.271 e. The summed E-state index contributed by atoms with van der Waals surface area (Å²) in [6.07, 6.45) is 4.90. The highest BCUT2D eigenvalue weighted by Crippen LogP contribution is 2.33. The van der Waals surface area contributed by atoms with E-state index in [1.54, 1.807) is 29.4 Å². The average Bonchev–Trinajstić information content (AvgIpc) is 3.22. The molecule has 0 saturated carbocycles. The van der Waals surface area contributed by atoms with Crippen molar-refractivity contribution in [2.45, 2.75) is 18.8 Å². The number of hydrogen-bond donors (Lipinski definition) is 2. The zero-order chi connectivity index (χ0) is 18.8. The van der Waals surface area contributed by atoms with Crippen LogP contribution in [0, 0.1) is 5.82 Å². The van der Waals surface area contributed by atoms with Gasteiger partial charge in [-0.3, -0.25) is 9.89 Å². The van der Waals surface area contributed by atoms with E-state index >= 15 is 0 Å². The van der Waals surface area contributed by atoms with Crippen LogP contribution in [0.25, 0.3) is 11.1 Å². The Morgan fingerprint density at radius 1 is 1.33 bits per heavy atom. The fraction of sp³-hybridized carbons (Fsp3) is 0.263. The summed E-state index contributed by atoms with van der Waals surface area (Å²) in [5.41, 5.74) is 8.47. The monoisotopic (exact) mass is 366 g/mol. The number of carbonyl (C=O) groups excluding carboxylic acids is 1. The number of nitrogens with zero attached hydrogens (tertiary/aromatic N) is 4. The maximum Gasteiger partial charge on any atom is 0.271 e. The highest BCUT2D eigenvalue weighted by atomic mass is 19.1. The molecular formula is C19H19FN6O. The van der Waals surface area contributed by atoms with Crippen molar-refractivity contribution in [1.29, 1.82) is 0 Å². The number of H-pyrrole nitrogens is 1. The molecule has 1 amide bonds. The number of nitrogens with two attached hydrogens (primary N) is 1. The van der Waals surface area contributed by atoms with Crippen molar-refractivity contribution < 1.29 is 9.18 Å². The minimum atomic E-state index is -0.324. The molecule has 0 radical (unpaired) electrons. The normalized spacial score (nSPS) is 17.1. The van der Waals surface area contributed by atoms with Crippen molar-refractivity contribution in [3.05, 3.63) is 59.9 Å². The maximum absolute atomic E-state index is 13.7. The molecule has 0 spiro atoms. The Balaban J connectivity index is 1.66. The third kappa shape index (κ3) is 3.51. The second-order valence-corrected chi connectivity index (χ2v) is 6.60. The van der Waals surface area contributed by atoms with E-state index in [0.717, 1.165) is 24.1 Å². The number of carbonyl (C=O) groups is 1. The topological polar surface area (TPSA) is 101 Å². The third-order valence-corrected chi connectivity index (χ3v) is 4.80. The molecule has 1 aliphatic heterocycles. The first kappa shape index (κ1) is 17.1. The highest BCUT2D eigenvalue weighted by molar-refractivity contribution is 5.92. The second kappa shape index (κ2) is 7.14. The molecule has 1 aliphatic rings. The number of aromatic nitrogens is 4. The average molecular weight is 366 g/mol. The lowest BCUT2D eigenvalue weighted by molar-refractivity contribution is 0.0700. The van der Waals surface area contributed by atoms with E-state index in [1.165, 1.54) is 12.1 Å². The van der Waals surface area contributed by atoms with Gasteiger partial charge in [0.2, 0.25) is 5.95 Å². The fourth-order valence-electron chi connectivity index (χ4n) is 3.53. The lowest BCUT2D eigenvalue weighted by atomic mass is 9.89. The molecule has 1 aromatic carbocycles. The zero-order valence-corrected chi connectivity index (χ0v) is 14.6. The van der Waals surface area contributed by atoms with Crippen LogP contribution < -0.4 is 5.73 Å². The van der Waals surface area contributed by atoms with Gasteiger partial charge in [0.15, 0.2) is 0 Å². The molecule has 0 aliphatic carbocycles. The van der Waals surface area contributed by atoms with E-state index in [9.17, 15) is 9.18 Å². The quantitative estimate of drug-likeness (QED) is 0.742. The number of benzene rings is 1. The van der Waals surface area contributed by atoms with Crippen LogP contribution in [0.5, 0.6) is 0 Å². The molecular weight excluding hydrogens is 347 g/mol. The molecule has 3 aromatic rings. The van der Waals surface area contributed by atoms with E-state index in [4.69, 9.17) is 5.73 Å². The Kier molecular flexibility index (Phi) is 4.53. The summed E-state index contributed by atoms with van der Waals surface area (Å²) in [6.45, 7) is 1.18. The lowest BCUT2D eigenvalue weighted by Gasteiger charge is -2.33. The van der Waals surface area contributed by atoms with Crippen LogP contribution in [0.1, 0.15) is 34.9 Å². The van der Waals surface area contributed by atoms with E-state index in [0.29, 0.717) is 24.3 Å². The maximum atomic E-state index is 13.7. The zero-order valence-electron chi connectivity index (χ0n) is 14.6. The molecule has 1 saturated heterocycles. The predicted octanol–water partition coefficient (Wildman–Crippen LogP) is 2.61. The summed E-state index contributed by atoms with van der Waals surface area (Å²) >= 11 is 0. The molecule has 1 unspecified atom stereocenters. The standard InChI is InChI=1S/C19H19FN6O/c20-14-5-1-3-12(9-14)15-10-22-19(21)24-17(15)13-4-2-8-26(11-13)18(27)16-6-7-23-25-16/h1,3,5-7,9-10,13H,2,4,8,11H2,(H,23,25)(H2,21,22,24). The third-order valence-electron chi connectivity index (χ3n) is 4.80. The Bertz CT molecular complexity index is 959. The minimum Gasteiger partial charge on any atom is -0.368 e. The molecule has 7 nitrogen and oxygen atoms in total. The summed E-state index contributed by atoms with van der Waals surface area (Å²) < 4.78 is 13.7. The van der Waals surface area contributed by atoms with Gasteiger partial charge in [0.1, 0.15) is 11.5 Å². The Morgan fingerprint density at radius 2 is 2.22 bits per heavy atom. The van der Waals surface area contributed by atoms with Gasteiger partial charge in [0.25, 0.3) is 5.91 Å². The number of amides is 1. The van der Waals surface area contributed by atoms with Crippen molar-refractivity contribution in [1.82, 2.24) is 25.1 Å². The van der Waals surface area contributed by atoms with Crippen molar-refractivity contribution >= 4 is 11.9 Å². The minimum absolute atomic E-state index is 0.00538. The number of halogens is 1. The number of piperidine rings is 1. The number of nitrogen functional groups attached to an aromatic ring is 1. The Hall–Kier alpha value is -3.29. The van der Waals surface area contributed by atoms with Gasteiger partial charge >= 0.3 is 0 Å². The van der Waals surface area contributed by atoms with Gasteiger partial charge in [0.05, 0.1) is 5.69 Å². The lowest BCUT2D eigenvalue weighted by Crippen LogP contribution is -2.39. The van der Waals surface area contributed by atoms with Gasteiger partial charge in [-0.15, -0.1) is 0 Å². The number of anilines is 1. The van der Waals surface area contributed by atoms with Crippen molar-refractivity contribution in [3.8, 4) is 11.1 Å². The molecule has 2 aromatic heterocycles. The van der Waals surface area contributed by atoms with Crippen LogP contribution in [-0.4, -0.2) is 44.1 Å². The summed E-state index contributed by atoms with van der Waals surface area (Å²) in [5.74, 6) is -0.252. The number of rotatable bonds is 3. The summed E-state index contributed by atoms with van der Waals surface area (Å²) in [5, 5.41) is 6.56. The van der Waals surface area contributed by atoms with E-state index in [1.807, 2.05) is 6.07 Å². The first-order valence-corrected chi connectivity index (χ1v) is 8.79. The van der Waals surface area contributed by atoms with Crippen molar-refractivity contribution in [3.63, 3.8) is 0 Å². The number of nitrogens with one attached hydrogen (secondary N) is 1. The van der Waals surface area contributed by atoms with Crippen molar-refractivity contribution in [2.24, 2.45) is 0 Å². The van der Waals surface area contributed by atoms with Gasteiger partial charge in [-0.25, -0.2) is 14.4 Å². The van der Waals surface area contributed by atoms with Crippen LogP contribution in [0.15, 0.2) is 42.7 Å². The molecule has 1 fully saturated rings.